The van der Waals surface area contributed by atoms with Crippen LogP contribution in [0.25, 0.3) is 0 Å². The van der Waals surface area contributed by atoms with Gasteiger partial charge in [0.15, 0.2) is 0 Å². The van der Waals surface area contributed by atoms with E-state index in [9.17, 15) is 0 Å². The maximum Gasteiger partial charge on any atom is 0.131 e. The highest BCUT2D eigenvalue weighted by atomic mass is 32.1. The van der Waals surface area contributed by atoms with Crippen LogP contribution < -0.4 is 10.6 Å². The van der Waals surface area contributed by atoms with E-state index in [4.69, 9.17) is 0 Å². The van der Waals surface area contributed by atoms with Gasteiger partial charge in [-0.05, 0) is 13.3 Å². The van der Waals surface area contributed by atoms with Crippen molar-refractivity contribution in [2.75, 3.05) is 23.7 Å². The molecule has 0 fully saturated rings. The molecule has 0 aliphatic rings. The van der Waals surface area contributed by atoms with Gasteiger partial charge in [0, 0.05) is 31.0 Å². The van der Waals surface area contributed by atoms with Gasteiger partial charge in [0.05, 0.1) is 11.2 Å². The number of anilines is 2. The van der Waals surface area contributed by atoms with Crippen molar-refractivity contribution < 1.29 is 0 Å². The van der Waals surface area contributed by atoms with Crippen LogP contribution >= 0.6 is 11.3 Å². The molecular formula is C13H19N5S. The monoisotopic (exact) mass is 277 g/mol. The molecule has 0 saturated heterocycles. The summed E-state index contributed by atoms with van der Waals surface area (Å²) < 4.78 is 0. The Labute approximate surface area is 117 Å². The lowest BCUT2D eigenvalue weighted by atomic mass is 10.3. The Morgan fingerprint density at radius 2 is 1.89 bits per heavy atom. The predicted molar refractivity (Wildman–Crippen MR) is 79.9 cm³/mol. The number of aromatic nitrogens is 3. The summed E-state index contributed by atoms with van der Waals surface area (Å²) in [6, 6.07) is 1.95. The van der Waals surface area contributed by atoms with Crippen LogP contribution in [0.4, 0.5) is 11.6 Å². The minimum atomic E-state index is 0.775. The summed E-state index contributed by atoms with van der Waals surface area (Å²) in [5.74, 6) is 2.52. The first-order chi connectivity index (χ1) is 9.28. The second kappa shape index (κ2) is 7.04. The summed E-state index contributed by atoms with van der Waals surface area (Å²) >= 11 is 1.63. The van der Waals surface area contributed by atoms with E-state index >= 15 is 0 Å². The zero-order valence-electron chi connectivity index (χ0n) is 11.3. The summed E-state index contributed by atoms with van der Waals surface area (Å²) in [5.41, 5.74) is 2.98. The molecule has 0 aliphatic heterocycles. The molecule has 2 N–H and O–H groups in total. The molecule has 0 aromatic carbocycles. The van der Waals surface area contributed by atoms with Crippen LogP contribution in [-0.2, 0) is 6.42 Å². The van der Waals surface area contributed by atoms with Gasteiger partial charge in [0.1, 0.15) is 17.5 Å². The van der Waals surface area contributed by atoms with Gasteiger partial charge in [-0.3, -0.25) is 0 Å². The van der Waals surface area contributed by atoms with E-state index in [1.165, 1.54) is 0 Å². The zero-order chi connectivity index (χ0) is 13.5. The molecule has 0 saturated carbocycles. The highest BCUT2D eigenvalue weighted by molar-refractivity contribution is 7.07. The van der Waals surface area contributed by atoms with Crippen LogP contribution in [0.2, 0.25) is 0 Å². The van der Waals surface area contributed by atoms with Crippen molar-refractivity contribution >= 4 is 23.0 Å². The van der Waals surface area contributed by atoms with Crippen LogP contribution in [-0.4, -0.2) is 28.0 Å². The molecule has 0 aliphatic carbocycles. The molecule has 0 spiro atoms. The van der Waals surface area contributed by atoms with Crippen LogP contribution in [0.1, 0.15) is 24.9 Å². The van der Waals surface area contributed by atoms with E-state index in [1.54, 1.807) is 11.3 Å². The molecule has 0 atom stereocenters. The Morgan fingerprint density at radius 1 is 1.16 bits per heavy atom. The molecule has 102 valence electrons. The van der Waals surface area contributed by atoms with E-state index in [-0.39, 0.29) is 0 Å². The smallest absolute Gasteiger partial charge is 0.131 e. The van der Waals surface area contributed by atoms with E-state index in [0.29, 0.717) is 0 Å². The molecule has 0 radical (unpaired) electrons. The SMILES string of the molecule is CCCNc1cc(NCCc2cscn2)nc(C)n1. The molecule has 0 bridgehead atoms. The van der Waals surface area contributed by atoms with Gasteiger partial charge in [0.25, 0.3) is 0 Å². The fourth-order valence-corrected chi connectivity index (χ4v) is 2.27. The molecule has 19 heavy (non-hydrogen) atoms. The van der Waals surface area contributed by atoms with Gasteiger partial charge in [-0.15, -0.1) is 11.3 Å². The van der Waals surface area contributed by atoms with Crippen LogP contribution in [0.3, 0.4) is 0 Å². The summed E-state index contributed by atoms with van der Waals surface area (Å²) in [4.78, 5) is 13.0. The number of thiazole rings is 1. The van der Waals surface area contributed by atoms with Gasteiger partial charge in [-0.25, -0.2) is 15.0 Å². The maximum atomic E-state index is 4.38. The van der Waals surface area contributed by atoms with Crippen molar-refractivity contribution in [1.29, 1.82) is 0 Å². The number of aryl methyl sites for hydroxylation is 1. The van der Waals surface area contributed by atoms with Gasteiger partial charge < -0.3 is 10.6 Å². The fourth-order valence-electron chi connectivity index (χ4n) is 1.68. The molecule has 2 aromatic heterocycles. The Hall–Kier alpha value is -1.69. The van der Waals surface area contributed by atoms with Gasteiger partial charge in [-0.2, -0.15) is 0 Å². The van der Waals surface area contributed by atoms with E-state index < -0.39 is 0 Å². The lowest BCUT2D eigenvalue weighted by molar-refractivity contribution is 0.939. The molecule has 6 heteroatoms. The lowest BCUT2D eigenvalue weighted by Crippen LogP contribution is -2.09. The van der Waals surface area contributed by atoms with Crippen molar-refractivity contribution in [2.45, 2.75) is 26.7 Å². The Balaban J connectivity index is 1.90. The highest BCUT2D eigenvalue weighted by Crippen LogP contribution is 2.11. The number of nitrogens with one attached hydrogen (secondary N) is 2. The Morgan fingerprint density at radius 3 is 2.53 bits per heavy atom. The minimum absolute atomic E-state index is 0.775. The molecule has 2 aromatic rings. The van der Waals surface area contributed by atoms with Crippen LogP contribution in [0, 0.1) is 6.92 Å². The van der Waals surface area contributed by atoms with Gasteiger partial charge in [-0.1, -0.05) is 6.92 Å². The standard InChI is InChI=1S/C13H19N5S/c1-3-5-14-12-7-13(18-10(2)17-12)15-6-4-11-8-19-9-16-11/h7-9H,3-6H2,1-2H3,(H2,14,15,17,18). The lowest BCUT2D eigenvalue weighted by Gasteiger charge is -2.09. The van der Waals surface area contributed by atoms with Crippen LogP contribution in [0.15, 0.2) is 17.0 Å². The number of hydrogen-bond donors (Lipinski definition) is 2. The second-order valence-corrected chi connectivity index (χ2v) is 4.99. The molecule has 0 unspecified atom stereocenters. The molecule has 5 nitrogen and oxygen atoms in total. The average Bonchev–Trinajstić information content (AvgIpc) is 2.89. The first-order valence-corrected chi connectivity index (χ1v) is 7.42. The van der Waals surface area contributed by atoms with E-state index in [2.05, 4.69) is 37.9 Å². The number of nitrogens with zero attached hydrogens (tertiary/aromatic N) is 3. The second-order valence-electron chi connectivity index (χ2n) is 4.27. The minimum Gasteiger partial charge on any atom is -0.370 e. The first kappa shape index (κ1) is 13.7. The van der Waals surface area contributed by atoms with Crippen molar-refractivity contribution in [3.8, 4) is 0 Å². The van der Waals surface area contributed by atoms with Gasteiger partial charge >= 0.3 is 0 Å². The highest BCUT2D eigenvalue weighted by Gasteiger charge is 2.01. The largest absolute Gasteiger partial charge is 0.370 e. The van der Waals surface area contributed by atoms with Crippen molar-refractivity contribution in [2.24, 2.45) is 0 Å². The number of rotatable bonds is 7. The Kier molecular flexibility index (Phi) is 5.09. The Bertz CT molecular complexity index is 498. The third-order valence-electron chi connectivity index (χ3n) is 2.56. The molecule has 0 amide bonds. The van der Waals surface area contributed by atoms with Crippen molar-refractivity contribution in [1.82, 2.24) is 15.0 Å². The van der Waals surface area contributed by atoms with E-state index in [1.807, 2.05) is 18.5 Å². The summed E-state index contributed by atoms with van der Waals surface area (Å²) in [6.45, 7) is 5.79. The summed E-state index contributed by atoms with van der Waals surface area (Å²) in [6.07, 6.45) is 1.99. The average molecular weight is 277 g/mol. The quantitative estimate of drug-likeness (QED) is 0.814. The van der Waals surface area contributed by atoms with Crippen molar-refractivity contribution in [3.05, 3.63) is 28.5 Å². The van der Waals surface area contributed by atoms with Crippen molar-refractivity contribution in [3.63, 3.8) is 0 Å². The predicted octanol–water partition coefficient (Wildman–Crippen LogP) is 2.72. The third kappa shape index (κ3) is 4.48. The van der Waals surface area contributed by atoms with Crippen LogP contribution in [0.5, 0.6) is 0 Å². The third-order valence-corrected chi connectivity index (χ3v) is 3.20. The van der Waals surface area contributed by atoms with Gasteiger partial charge in [0.2, 0.25) is 0 Å². The topological polar surface area (TPSA) is 62.7 Å². The fraction of sp³-hybridized carbons (Fsp3) is 0.462. The molecule has 2 rings (SSSR count). The maximum absolute atomic E-state index is 4.38. The first-order valence-electron chi connectivity index (χ1n) is 6.48. The zero-order valence-corrected chi connectivity index (χ0v) is 12.1. The summed E-state index contributed by atoms with van der Waals surface area (Å²) in [7, 11) is 0. The van der Waals surface area contributed by atoms with E-state index in [0.717, 1.165) is 49.1 Å². The molecule has 2 heterocycles. The summed E-state index contributed by atoms with van der Waals surface area (Å²) in [5, 5.41) is 8.66. The molecular weight excluding hydrogens is 258 g/mol. The normalized spacial score (nSPS) is 10.4. The number of hydrogen-bond acceptors (Lipinski definition) is 6.